The van der Waals surface area contributed by atoms with Crippen molar-refractivity contribution >= 4 is 15.7 Å². The molecule has 1 aromatic heterocycles. The molecule has 0 spiro atoms. The lowest BCUT2D eigenvalue weighted by Crippen LogP contribution is -2.00. The lowest BCUT2D eigenvalue weighted by atomic mass is 10.1. The van der Waals surface area contributed by atoms with Gasteiger partial charge in [-0.25, -0.2) is 8.42 Å². The van der Waals surface area contributed by atoms with Crippen LogP contribution in [0.4, 0.5) is 5.88 Å². The van der Waals surface area contributed by atoms with Crippen molar-refractivity contribution in [2.24, 2.45) is 0 Å². The van der Waals surface area contributed by atoms with Gasteiger partial charge in [-0.1, -0.05) is 17.3 Å². The zero-order chi connectivity index (χ0) is 12.6. The van der Waals surface area contributed by atoms with Crippen molar-refractivity contribution in [1.29, 1.82) is 0 Å². The van der Waals surface area contributed by atoms with Crippen LogP contribution in [0.1, 0.15) is 5.56 Å². The van der Waals surface area contributed by atoms with Crippen LogP contribution in [0, 0.1) is 6.92 Å². The fraction of sp³-hybridized carbons (Fsp3) is 0.182. The Hall–Kier alpha value is -1.82. The largest absolute Gasteiger partial charge is 0.368 e. The van der Waals surface area contributed by atoms with Gasteiger partial charge in [-0.05, 0) is 18.6 Å². The minimum Gasteiger partial charge on any atom is -0.368 e. The molecule has 0 amide bonds. The number of hydrogen-bond donors (Lipinski definition) is 1. The molecule has 2 aromatic rings. The van der Waals surface area contributed by atoms with Gasteiger partial charge in [0.15, 0.2) is 9.84 Å². The standard InChI is InChI=1S/C11H12N2O3S/c1-7-3-4-8(9-6-11(12)16-13-9)10(5-7)17(2,14)15/h3-6H,12H2,1-2H3. The van der Waals surface area contributed by atoms with Crippen LogP contribution in [0.25, 0.3) is 11.3 Å². The third kappa shape index (κ3) is 2.31. The van der Waals surface area contributed by atoms with Crippen LogP contribution in [0.15, 0.2) is 33.7 Å². The number of hydrogen-bond acceptors (Lipinski definition) is 5. The summed E-state index contributed by atoms with van der Waals surface area (Å²) < 4.78 is 28.1. The molecule has 2 N–H and O–H groups in total. The highest BCUT2D eigenvalue weighted by Gasteiger charge is 2.17. The highest BCUT2D eigenvalue weighted by molar-refractivity contribution is 7.90. The van der Waals surface area contributed by atoms with Gasteiger partial charge in [-0.15, -0.1) is 0 Å². The Morgan fingerprint density at radius 2 is 2.00 bits per heavy atom. The Balaban J connectivity index is 2.70. The molecule has 0 fully saturated rings. The molecule has 5 nitrogen and oxygen atoms in total. The van der Waals surface area contributed by atoms with Crippen molar-refractivity contribution in [3.8, 4) is 11.3 Å². The fourth-order valence-corrected chi connectivity index (χ4v) is 2.54. The van der Waals surface area contributed by atoms with Crippen LogP contribution in [0.5, 0.6) is 0 Å². The molecular formula is C11H12N2O3S. The van der Waals surface area contributed by atoms with E-state index in [2.05, 4.69) is 5.16 Å². The zero-order valence-electron chi connectivity index (χ0n) is 9.47. The Bertz CT molecular complexity index is 659. The van der Waals surface area contributed by atoms with Gasteiger partial charge in [0.2, 0.25) is 5.88 Å². The maximum absolute atomic E-state index is 11.7. The lowest BCUT2D eigenvalue weighted by molar-refractivity contribution is 0.439. The van der Waals surface area contributed by atoms with Gasteiger partial charge < -0.3 is 10.3 Å². The van der Waals surface area contributed by atoms with E-state index in [0.717, 1.165) is 11.8 Å². The topological polar surface area (TPSA) is 86.2 Å². The van der Waals surface area contributed by atoms with Gasteiger partial charge in [-0.3, -0.25) is 0 Å². The van der Waals surface area contributed by atoms with E-state index >= 15 is 0 Å². The number of anilines is 1. The van der Waals surface area contributed by atoms with E-state index in [-0.39, 0.29) is 10.8 Å². The number of nitrogens with two attached hydrogens (primary N) is 1. The van der Waals surface area contributed by atoms with Crippen molar-refractivity contribution in [3.05, 3.63) is 29.8 Å². The Morgan fingerprint density at radius 1 is 1.29 bits per heavy atom. The summed E-state index contributed by atoms with van der Waals surface area (Å²) in [4.78, 5) is 0.228. The third-order valence-corrected chi connectivity index (χ3v) is 3.48. The summed E-state index contributed by atoms with van der Waals surface area (Å²) >= 11 is 0. The Kier molecular flexibility index (Phi) is 2.66. The molecule has 2 rings (SSSR count). The van der Waals surface area contributed by atoms with E-state index in [1.807, 2.05) is 13.0 Å². The van der Waals surface area contributed by atoms with Crippen LogP contribution in [0.2, 0.25) is 0 Å². The maximum Gasteiger partial charge on any atom is 0.222 e. The van der Waals surface area contributed by atoms with E-state index in [4.69, 9.17) is 10.3 Å². The molecular weight excluding hydrogens is 240 g/mol. The first-order valence-electron chi connectivity index (χ1n) is 4.91. The van der Waals surface area contributed by atoms with Gasteiger partial charge >= 0.3 is 0 Å². The van der Waals surface area contributed by atoms with Crippen molar-refractivity contribution in [2.75, 3.05) is 12.0 Å². The predicted molar refractivity (Wildman–Crippen MR) is 64.2 cm³/mol. The van der Waals surface area contributed by atoms with Crippen molar-refractivity contribution in [1.82, 2.24) is 5.16 Å². The first-order chi connectivity index (χ1) is 7.88. The van der Waals surface area contributed by atoms with E-state index in [1.165, 1.54) is 6.07 Å². The number of rotatable bonds is 2. The highest BCUT2D eigenvalue weighted by atomic mass is 32.2. The zero-order valence-corrected chi connectivity index (χ0v) is 10.3. The lowest BCUT2D eigenvalue weighted by Gasteiger charge is -2.05. The van der Waals surface area contributed by atoms with Crippen molar-refractivity contribution < 1.29 is 12.9 Å². The summed E-state index contributed by atoms with van der Waals surface area (Å²) in [5.41, 5.74) is 7.21. The molecule has 0 aliphatic heterocycles. The van der Waals surface area contributed by atoms with Gasteiger partial charge in [0.1, 0.15) is 5.69 Å². The summed E-state index contributed by atoms with van der Waals surface area (Å²) in [6, 6.07) is 6.62. The second kappa shape index (κ2) is 3.89. The normalized spacial score (nSPS) is 11.6. The van der Waals surface area contributed by atoms with E-state index < -0.39 is 9.84 Å². The molecule has 0 aliphatic rings. The van der Waals surface area contributed by atoms with Gasteiger partial charge in [0.25, 0.3) is 0 Å². The van der Waals surface area contributed by atoms with Crippen molar-refractivity contribution in [3.63, 3.8) is 0 Å². The molecule has 0 saturated heterocycles. The molecule has 6 heteroatoms. The molecule has 0 saturated carbocycles. The minimum absolute atomic E-state index is 0.153. The number of aryl methyl sites for hydroxylation is 1. The molecule has 1 heterocycles. The number of benzene rings is 1. The fourth-order valence-electron chi connectivity index (χ4n) is 1.56. The number of sulfone groups is 1. The van der Waals surface area contributed by atoms with Gasteiger partial charge in [0.05, 0.1) is 4.90 Å². The monoisotopic (exact) mass is 252 g/mol. The van der Waals surface area contributed by atoms with Crippen LogP contribution in [-0.2, 0) is 9.84 Å². The summed E-state index contributed by atoms with van der Waals surface area (Å²) in [5.74, 6) is 0.153. The van der Waals surface area contributed by atoms with Crippen LogP contribution in [-0.4, -0.2) is 19.8 Å². The third-order valence-electron chi connectivity index (χ3n) is 2.34. The molecule has 1 aromatic carbocycles. The smallest absolute Gasteiger partial charge is 0.222 e. The van der Waals surface area contributed by atoms with Crippen molar-refractivity contribution in [2.45, 2.75) is 11.8 Å². The van der Waals surface area contributed by atoms with Crippen LogP contribution in [0.3, 0.4) is 0 Å². The van der Waals surface area contributed by atoms with Crippen LogP contribution >= 0.6 is 0 Å². The minimum atomic E-state index is -3.32. The van der Waals surface area contributed by atoms with E-state index in [1.54, 1.807) is 12.1 Å². The average molecular weight is 252 g/mol. The molecule has 0 aliphatic carbocycles. The highest BCUT2D eigenvalue weighted by Crippen LogP contribution is 2.28. The van der Waals surface area contributed by atoms with Gasteiger partial charge in [0, 0.05) is 17.9 Å². The first-order valence-corrected chi connectivity index (χ1v) is 6.80. The van der Waals surface area contributed by atoms with E-state index in [0.29, 0.717) is 11.3 Å². The molecule has 0 atom stereocenters. The summed E-state index contributed by atoms with van der Waals surface area (Å²) in [5, 5.41) is 3.73. The molecule has 0 bridgehead atoms. The number of nitrogen functional groups attached to an aromatic ring is 1. The Morgan fingerprint density at radius 3 is 2.53 bits per heavy atom. The first kappa shape index (κ1) is 11.7. The second-order valence-electron chi connectivity index (χ2n) is 3.89. The maximum atomic E-state index is 11.7. The van der Waals surface area contributed by atoms with E-state index in [9.17, 15) is 8.42 Å². The summed E-state index contributed by atoms with van der Waals surface area (Å²) in [6.45, 7) is 1.83. The van der Waals surface area contributed by atoms with Gasteiger partial charge in [-0.2, -0.15) is 0 Å². The molecule has 0 unspecified atom stereocenters. The SMILES string of the molecule is Cc1ccc(-c2cc(N)on2)c(S(C)(=O)=O)c1. The Labute approximate surface area is 99.1 Å². The quantitative estimate of drug-likeness (QED) is 0.878. The molecule has 17 heavy (non-hydrogen) atoms. The molecule has 90 valence electrons. The number of nitrogens with zero attached hydrogens (tertiary/aromatic N) is 1. The average Bonchev–Trinajstić information content (AvgIpc) is 2.63. The predicted octanol–water partition coefficient (Wildman–Crippen LogP) is 1.64. The number of aromatic nitrogens is 1. The summed E-state index contributed by atoms with van der Waals surface area (Å²) in [6.07, 6.45) is 1.16. The summed E-state index contributed by atoms with van der Waals surface area (Å²) in [7, 11) is -3.32. The second-order valence-corrected chi connectivity index (χ2v) is 5.87. The molecule has 0 radical (unpaired) electrons. The van der Waals surface area contributed by atoms with Crippen LogP contribution < -0.4 is 5.73 Å².